The Hall–Kier alpha value is -2.34. The van der Waals surface area contributed by atoms with Crippen molar-refractivity contribution in [2.24, 2.45) is 23.2 Å². The zero-order chi connectivity index (χ0) is 18.9. The van der Waals surface area contributed by atoms with E-state index in [2.05, 4.69) is 86.0 Å². The standard InChI is InChI=1S/C26H28O/c1-3-10-22-20(14-9-16-27)17-24(19-11-5-4-6-12-19)26(2)23-15-8-7-13-21(23)18-25(22)26/h4-15,21,23-25,27H,1,16-18H2,2H3. The molecule has 0 heterocycles. The van der Waals surface area contributed by atoms with Crippen LogP contribution in [-0.4, -0.2) is 11.7 Å². The van der Waals surface area contributed by atoms with Gasteiger partial charge in [-0.3, -0.25) is 0 Å². The van der Waals surface area contributed by atoms with Gasteiger partial charge in [-0.2, -0.15) is 0 Å². The first-order valence-electron chi connectivity index (χ1n) is 9.96. The van der Waals surface area contributed by atoms with Gasteiger partial charge in [-0.1, -0.05) is 80.3 Å². The average Bonchev–Trinajstić information content (AvgIpc) is 3.01. The molecule has 1 nitrogen and oxygen atoms in total. The lowest BCUT2D eigenvalue weighted by atomic mass is 9.55. The maximum Gasteiger partial charge on any atom is 0.0615 e. The third-order valence-electron chi connectivity index (χ3n) is 7.03. The van der Waals surface area contributed by atoms with E-state index in [-0.39, 0.29) is 12.0 Å². The first-order chi connectivity index (χ1) is 13.2. The van der Waals surface area contributed by atoms with Crippen LogP contribution in [0, 0.1) is 23.2 Å². The average molecular weight is 357 g/mol. The van der Waals surface area contributed by atoms with Crippen LogP contribution >= 0.6 is 0 Å². The van der Waals surface area contributed by atoms with Crippen LogP contribution in [0.25, 0.3) is 0 Å². The summed E-state index contributed by atoms with van der Waals surface area (Å²) in [5, 5.41) is 9.34. The van der Waals surface area contributed by atoms with Gasteiger partial charge in [-0.15, -0.1) is 5.73 Å². The highest BCUT2D eigenvalue weighted by atomic mass is 16.2. The maximum absolute atomic E-state index is 9.34. The van der Waals surface area contributed by atoms with Gasteiger partial charge in [0.05, 0.1) is 6.61 Å². The first kappa shape index (κ1) is 18.0. The van der Waals surface area contributed by atoms with Crippen molar-refractivity contribution < 1.29 is 5.11 Å². The van der Waals surface area contributed by atoms with Gasteiger partial charge in [0.2, 0.25) is 0 Å². The Kier molecular flexibility index (Phi) is 4.91. The normalized spacial score (nSPS) is 34.4. The Labute approximate surface area is 162 Å². The predicted molar refractivity (Wildman–Crippen MR) is 112 cm³/mol. The van der Waals surface area contributed by atoms with Crippen LogP contribution < -0.4 is 0 Å². The first-order valence-corrected chi connectivity index (χ1v) is 9.96. The second kappa shape index (κ2) is 7.35. The molecular weight excluding hydrogens is 328 g/mol. The molecule has 4 rings (SSSR count). The lowest BCUT2D eigenvalue weighted by Gasteiger charge is -2.48. The van der Waals surface area contributed by atoms with Crippen LogP contribution in [0.3, 0.4) is 0 Å². The fourth-order valence-corrected chi connectivity index (χ4v) is 5.85. The van der Waals surface area contributed by atoms with Crippen molar-refractivity contribution in [2.75, 3.05) is 6.61 Å². The largest absolute Gasteiger partial charge is 0.392 e. The van der Waals surface area contributed by atoms with E-state index in [1.165, 1.54) is 16.7 Å². The molecule has 1 aromatic carbocycles. The van der Waals surface area contributed by atoms with Crippen molar-refractivity contribution >= 4 is 0 Å². The molecule has 5 atom stereocenters. The minimum atomic E-state index is 0.0727. The summed E-state index contributed by atoms with van der Waals surface area (Å²) in [5.74, 6) is 2.06. The zero-order valence-corrected chi connectivity index (χ0v) is 16.0. The number of rotatable bonds is 4. The lowest BCUT2D eigenvalue weighted by molar-refractivity contribution is 0.141. The Bertz CT molecular complexity index is 863. The van der Waals surface area contributed by atoms with Gasteiger partial charge in [0.25, 0.3) is 0 Å². The van der Waals surface area contributed by atoms with Crippen molar-refractivity contribution in [3.05, 3.63) is 102 Å². The molecule has 1 aromatic rings. The van der Waals surface area contributed by atoms with Gasteiger partial charge in [-0.25, -0.2) is 0 Å². The van der Waals surface area contributed by atoms with Crippen molar-refractivity contribution in [3.63, 3.8) is 0 Å². The summed E-state index contributed by atoms with van der Waals surface area (Å²) in [7, 11) is 0. The zero-order valence-electron chi connectivity index (χ0n) is 16.0. The van der Waals surface area contributed by atoms with Crippen molar-refractivity contribution in [3.8, 4) is 0 Å². The minimum Gasteiger partial charge on any atom is -0.392 e. The SMILES string of the molecule is C=C=CC1=C(C=CCO)CC(c2ccccc2)C2(C)C1CC1C=CC=CC12. The smallest absolute Gasteiger partial charge is 0.0615 e. The molecule has 0 saturated heterocycles. The molecule has 138 valence electrons. The summed E-state index contributed by atoms with van der Waals surface area (Å²) in [4.78, 5) is 0. The quantitative estimate of drug-likeness (QED) is 0.682. The number of hydrogen-bond donors (Lipinski definition) is 1. The minimum absolute atomic E-state index is 0.0727. The molecule has 1 saturated carbocycles. The third kappa shape index (κ3) is 2.92. The molecule has 0 bridgehead atoms. The number of aliphatic hydroxyl groups is 1. The van der Waals surface area contributed by atoms with Gasteiger partial charge in [0.15, 0.2) is 0 Å². The van der Waals surface area contributed by atoms with E-state index < -0.39 is 0 Å². The summed E-state index contributed by atoms with van der Waals surface area (Å²) in [5.41, 5.74) is 7.31. The van der Waals surface area contributed by atoms with Crippen LogP contribution in [0.2, 0.25) is 0 Å². The third-order valence-corrected chi connectivity index (χ3v) is 7.03. The highest BCUT2D eigenvalue weighted by Gasteiger charge is 2.57. The van der Waals surface area contributed by atoms with Crippen LogP contribution in [0.5, 0.6) is 0 Å². The Balaban J connectivity index is 1.90. The van der Waals surface area contributed by atoms with Crippen molar-refractivity contribution in [2.45, 2.75) is 25.7 Å². The van der Waals surface area contributed by atoms with E-state index in [0.29, 0.717) is 23.7 Å². The predicted octanol–water partition coefficient (Wildman–Crippen LogP) is 5.74. The van der Waals surface area contributed by atoms with Gasteiger partial charge in [-0.05, 0) is 64.7 Å². The van der Waals surface area contributed by atoms with E-state index in [1.54, 1.807) is 0 Å². The van der Waals surface area contributed by atoms with Crippen LogP contribution in [0.15, 0.2) is 96.3 Å². The molecule has 0 aliphatic heterocycles. The van der Waals surface area contributed by atoms with Crippen LogP contribution in [0.1, 0.15) is 31.2 Å². The second-order valence-corrected chi connectivity index (χ2v) is 8.20. The van der Waals surface area contributed by atoms with Crippen LogP contribution in [-0.2, 0) is 0 Å². The lowest BCUT2D eigenvalue weighted by Crippen LogP contribution is -2.40. The van der Waals surface area contributed by atoms with Crippen LogP contribution in [0.4, 0.5) is 0 Å². The number of allylic oxidation sites excluding steroid dienone is 8. The Morgan fingerprint density at radius 3 is 2.70 bits per heavy atom. The van der Waals surface area contributed by atoms with E-state index >= 15 is 0 Å². The number of aliphatic hydroxyl groups excluding tert-OH is 1. The van der Waals surface area contributed by atoms with Gasteiger partial charge >= 0.3 is 0 Å². The molecule has 1 heteroatoms. The fourth-order valence-electron chi connectivity index (χ4n) is 5.85. The van der Waals surface area contributed by atoms with E-state index in [4.69, 9.17) is 0 Å². The highest BCUT2D eigenvalue weighted by molar-refractivity contribution is 5.45. The molecule has 0 amide bonds. The van der Waals surface area contributed by atoms with Crippen molar-refractivity contribution in [1.29, 1.82) is 0 Å². The molecule has 3 aliphatic rings. The number of benzene rings is 1. The molecule has 0 radical (unpaired) electrons. The second-order valence-electron chi connectivity index (χ2n) is 8.20. The van der Waals surface area contributed by atoms with E-state index in [9.17, 15) is 5.11 Å². The fraction of sp³-hybridized carbons (Fsp3) is 0.346. The molecule has 5 unspecified atom stereocenters. The van der Waals surface area contributed by atoms with Gasteiger partial charge in [0.1, 0.15) is 0 Å². The Morgan fingerprint density at radius 1 is 1.19 bits per heavy atom. The maximum atomic E-state index is 9.34. The molecular formula is C26H28O. The molecule has 1 N–H and O–H groups in total. The highest BCUT2D eigenvalue weighted by Crippen LogP contribution is 2.65. The van der Waals surface area contributed by atoms with E-state index in [1.807, 2.05) is 6.08 Å². The molecule has 0 aromatic heterocycles. The molecule has 27 heavy (non-hydrogen) atoms. The molecule has 3 aliphatic carbocycles. The summed E-state index contributed by atoms with van der Waals surface area (Å²) < 4.78 is 0. The van der Waals surface area contributed by atoms with Gasteiger partial charge < -0.3 is 5.11 Å². The summed E-state index contributed by atoms with van der Waals surface area (Å²) in [6, 6.07) is 11.0. The Morgan fingerprint density at radius 2 is 1.96 bits per heavy atom. The topological polar surface area (TPSA) is 20.2 Å². The number of hydrogen-bond acceptors (Lipinski definition) is 1. The monoisotopic (exact) mass is 356 g/mol. The van der Waals surface area contributed by atoms with Gasteiger partial charge in [0, 0.05) is 0 Å². The summed E-state index contributed by atoms with van der Waals surface area (Å²) >= 11 is 0. The number of fused-ring (bicyclic) bond motifs is 3. The summed E-state index contributed by atoms with van der Waals surface area (Å²) in [6.45, 7) is 6.42. The molecule has 0 spiro atoms. The molecule has 1 fully saturated rings. The van der Waals surface area contributed by atoms with E-state index in [0.717, 1.165) is 12.8 Å². The van der Waals surface area contributed by atoms with Crippen molar-refractivity contribution in [1.82, 2.24) is 0 Å². The summed E-state index contributed by atoms with van der Waals surface area (Å²) in [6.07, 6.45) is 17.5.